The highest BCUT2D eigenvalue weighted by Crippen LogP contribution is 2.33. The van der Waals surface area contributed by atoms with Gasteiger partial charge in [0.2, 0.25) is 0 Å². The van der Waals surface area contributed by atoms with E-state index < -0.39 is 6.23 Å². The van der Waals surface area contributed by atoms with Gasteiger partial charge in [0.25, 0.3) is 0 Å². The number of aliphatic hydroxyl groups is 1. The Morgan fingerprint density at radius 1 is 1.14 bits per heavy atom. The standard InChI is InChI=1S/C19H24ClNO/c1-3-14-7-9-15(10-8-14)12-19(2,13-18(21)22)16-5-4-6-17(20)11-16/h4-11,18,22H,3,12-13,21H2,1-2H3/t18-,19?/m1/s1. The van der Waals surface area contributed by atoms with Crippen molar-refractivity contribution in [3.05, 3.63) is 70.2 Å². The summed E-state index contributed by atoms with van der Waals surface area (Å²) in [5.41, 5.74) is 9.08. The zero-order chi connectivity index (χ0) is 16.2. The molecule has 118 valence electrons. The van der Waals surface area contributed by atoms with Crippen molar-refractivity contribution in [2.75, 3.05) is 0 Å². The monoisotopic (exact) mass is 317 g/mol. The molecule has 0 fully saturated rings. The number of hydrogen-bond donors (Lipinski definition) is 2. The third-order valence-electron chi connectivity index (χ3n) is 4.21. The number of aliphatic hydroxyl groups excluding tert-OH is 1. The molecule has 22 heavy (non-hydrogen) atoms. The van der Waals surface area contributed by atoms with E-state index in [0.717, 1.165) is 18.4 Å². The first-order chi connectivity index (χ1) is 10.4. The molecule has 0 radical (unpaired) electrons. The van der Waals surface area contributed by atoms with E-state index >= 15 is 0 Å². The van der Waals surface area contributed by atoms with Crippen molar-refractivity contribution in [3.63, 3.8) is 0 Å². The van der Waals surface area contributed by atoms with Crippen LogP contribution < -0.4 is 5.73 Å². The summed E-state index contributed by atoms with van der Waals surface area (Å²) in [6.07, 6.45) is 1.49. The lowest BCUT2D eigenvalue weighted by Crippen LogP contribution is -2.34. The van der Waals surface area contributed by atoms with Crippen molar-refractivity contribution in [1.82, 2.24) is 0 Å². The second-order valence-electron chi connectivity index (χ2n) is 6.19. The van der Waals surface area contributed by atoms with Gasteiger partial charge in [-0.05, 0) is 48.1 Å². The first-order valence-electron chi connectivity index (χ1n) is 7.70. The highest BCUT2D eigenvalue weighted by atomic mass is 35.5. The van der Waals surface area contributed by atoms with Crippen LogP contribution in [-0.2, 0) is 18.3 Å². The van der Waals surface area contributed by atoms with Gasteiger partial charge in [-0.2, -0.15) is 0 Å². The van der Waals surface area contributed by atoms with Gasteiger partial charge in [0, 0.05) is 10.4 Å². The van der Waals surface area contributed by atoms with Gasteiger partial charge in [0.05, 0.1) is 0 Å². The lowest BCUT2D eigenvalue weighted by molar-refractivity contribution is 0.140. The Hall–Kier alpha value is -1.35. The molecule has 0 saturated carbocycles. The molecule has 2 atom stereocenters. The second-order valence-corrected chi connectivity index (χ2v) is 6.63. The summed E-state index contributed by atoms with van der Waals surface area (Å²) in [4.78, 5) is 0. The molecule has 0 amide bonds. The van der Waals surface area contributed by atoms with Crippen LogP contribution in [0.5, 0.6) is 0 Å². The van der Waals surface area contributed by atoms with Crippen LogP contribution in [0, 0.1) is 0 Å². The maximum Gasteiger partial charge on any atom is 0.103 e. The Bertz CT molecular complexity index is 609. The largest absolute Gasteiger partial charge is 0.379 e. The van der Waals surface area contributed by atoms with Crippen LogP contribution in [0.3, 0.4) is 0 Å². The average Bonchev–Trinajstić information content (AvgIpc) is 2.47. The quantitative estimate of drug-likeness (QED) is 0.789. The molecular weight excluding hydrogens is 294 g/mol. The van der Waals surface area contributed by atoms with E-state index in [1.807, 2.05) is 18.2 Å². The molecule has 0 spiro atoms. The summed E-state index contributed by atoms with van der Waals surface area (Å²) in [6, 6.07) is 16.5. The molecule has 3 heteroatoms. The van der Waals surface area contributed by atoms with Crippen LogP contribution in [0.1, 0.15) is 37.0 Å². The lowest BCUT2D eigenvalue weighted by atomic mass is 9.74. The molecule has 2 nitrogen and oxygen atoms in total. The van der Waals surface area contributed by atoms with Gasteiger partial charge in [-0.1, -0.05) is 61.8 Å². The molecule has 0 aromatic heterocycles. The first-order valence-corrected chi connectivity index (χ1v) is 8.08. The predicted octanol–water partition coefficient (Wildman–Crippen LogP) is 4.07. The van der Waals surface area contributed by atoms with E-state index in [2.05, 4.69) is 44.2 Å². The molecule has 1 unspecified atom stereocenters. The zero-order valence-corrected chi connectivity index (χ0v) is 14.0. The highest BCUT2D eigenvalue weighted by molar-refractivity contribution is 6.30. The molecule has 2 rings (SSSR count). The van der Waals surface area contributed by atoms with Gasteiger partial charge < -0.3 is 10.8 Å². The van der Waals surface area contributed by atoms with Crippen molar-refractivity contribution in [2.45, 2.75) is 44.8 Å². The molecule has 2 aromatic carbocycles. The highest BCUT2D eigenvalue weighted by Gasteiger charge is 2.29. The number of hydrogen-bond acceptors (Lipinski definition) is 2. The van der Waals surface area contributed by atoms with Crippen LogP contribution in [0.2, 0.25) is 5.02 Å². The maximum absolute atomic E-state index is 9.72. The summed E-state index contributed by atoms with van der Waals surface area (Å²) in [5, 5.41) is 10.4. The third-order valence-corrected chi connectivity index (χ3v) is 4.44. The van der Waals surface area contributed by atoms with Crippen LogP contribution in [0.25, 0.3) is 0 Å². The fraction of sp³-hybridized carbons (Fsp3) is 0.368. The van der Waals surface area contributed by atoms with E-state index in [9.17, 15) is 5.11 Å². The number of benzene rings is 2. The van der Waals surface area contributed by atoms with Crippen LogP contribution in [0.15, 0.2) is 48.5 Å². The average molecular weight is 318 g/mol. The van der Waals surface area contributed by atoms with Crippen molar-refractivity contribution < 1.29 is 5.11 Å². The van der Waals surface area contributed by atoms with Gasteiger partial charge >= 0.3 is 0 Å². The number of nitrogens with two attached hydrogens (primary N) is 1. The Balaban J connectivity index is 2.32. The van der Waals surface area contributed by atoms with Crippen LogP contribution >= 0.6 is 11.6 Å². The molecule has 0 aliphatic rings. The summed E-state index contributed by atoms with van der Waals surface area (Å²) < 4.78 is 0. The summed E-state index contributed by atoms with van der Waals surface area (Å²) in [5.74, 6) is 0. The molecule has 0 aliphatic carbocycles. The molecule has 3 N–H and O–H groups in total. The van der Waals surface area contributed by atoms with Crippen LogP contribution in [-0.4, -0.2) is 11.3 Å². The van der Waals surface area contributed by atoms with Gasteiger partial charge in [-0.15, -0.1) is 0 Å². The summed E-state index contributed by atoms with van der Waals surface area (Å²) >= 11 is 6.14. The Morgan fingerprint density at radius 3 is 2.32 bits per heavy atom. The van der Waals surface area contributed by atoms with Crippen molar-refractivity contribution >= 4 is 11.6 Å². The van der Waals surface area contributed by atoms with E-state index in [1.54, 1.807) is 0 Å². The first kappa shape index (κ1) is 17.0. The summed E-state index contributed by atoms with van der Waals surface area (Å²) in [6.45, 7) is 4.28. The third kappa shape index (κ3) is 4.33. The van der Waals surface area contributed by atoms with Crippen molar-refractivity contribution in [3.8, 4) is 0 Å². The van der Waals surface area contributed by atoms with Gasteiger partial charge in [-0.25, -0.2) is 0 Å². The minimum atomic E-state index is -0.848. The summed E-state index contributed by atoms with van der Waals surface area (Å²) in [7, 11) is 0. The molecule has 0 heterocycles. The Kier molecular flexibility index (Phi) is 5.63. The second kappa shape index (κ2) is 7.28. The van der Waals surface area contributed by atoms with Crippen molar-refractivity contribution in [1.29, 1.82) is 0 Å². The van der Waals surface area contributed by atoms with Gasteiger partial charge in [0.1, 0.15) is 6.23 Å². The topological polar surface area (TPSA) is 46.2 Å². The smallest absolute Gasteiger partial charge is 0.103 e. The number of aryl methyl sites for hydroxylation is 1. The normalized spacial score (nSPS) is 15.3. The SMILES string of the molecule is CCc1ccc(CC(C)(C[C@H](N)O)c2cccc(Cl)c2)cc1. The molecule has 0 bridgehead atoms. The fourth-order valence-corrected chi connectivity index (χ4v) is 3.15. The zero-order valence-electron chi connectivity index (χ0n) is 13.2. The minimum absolute atomic E-state index is 0.257. The van der Waals surface area contributed by atoms with Crippen LogP contribution in [0.4, 0.5) is 0 Å². The van der Waals surface area contributed by atoms with Crippen molar-refractivity contribution in [2.24, 2.45) is 5.73 Å². The molecule has 2 aromatic rings. The van der Waals surface area contributed by atoms with Gasteiger partial charge in [0.15, 0.2) is 0 Å². The Labute approximate surface area is 137 Å². The minimum Gasteiger partial charge on any atom is -0.379 e. The van der Waals surface area contributed by atoms with E-state index in [0.29, 0.717) is 11.4 Å². The van der Waals surface area contributed by atoms with E-state index in [-0.39, 0.29) is 5.41 Å². The number of rotatable bonds is 6. The van der Waals surface area contributed by atoms with Gasteiger partial charge in [-0.3, -0.25) is 0 Å². The predicted molar refractivity (Wildman–Crippen MR) is 93.1 cm³/mol. The molecular formula is C19H24ClNO. The maximum atomic E-state index is 9.72. The number of halogens is 1. The fourth-order valence-electron chi connectivity index (χ4n) is 2.96. The van der Waals surface area contributed by atoms with E-state index in [1.165, 1.54) is 11.1 Å². The molecule has 0 saturated heterocycles. The molecule has 0 aliphatic heterocycles. The van der Waals surface area contributed by atoms with E-state index in [4.69, 9.17) is 17.3 Å². The lowest BCUT2D eigenvalue weighted by Gasteiger charge is -2.32. The Morgan fingerprint density at radius 2 is 1.77 bits per heavy atom.